The van der Waals surface area contributed by atoms with Gasteiger partial charge in [0.2, 0.25) is 6.29 Å². The fourth-order valence-corrected chi connectivity index (χ4v) is 2.78. The molecular formula is C22H25N3O6. The zero-order valence-electron chi connectivity index (χ0n) is 17.2. The summed E-state index contributed by atoms with van der Waals surface area (Å²) >= 11 is 0. The van der Waals surface area contributed by atoms with E-state index in [9.17, 15) is 20.1 Å². The Bertz CT molecular complexity index is 927. The number of allylic oxidation sites excluding steroid dienone is 1. The van der Waals surface area contributed by atoms with Crippen molar-refractivity contribution in [1.29, 1.82) is 0 Å². The van der Waals surface area contributed by atoms with Gasteiger partial charge in [0.25, 0.3) is 0 Å². The highest BCUT2D eigenvalue weighted by molar-refractivity contribution is 6.06. The maximum atomic E-state index is 12.4. The molecule has 1 heterocycles. The lowest BCUT2D eigenvalue weighted by molar-refractivity contribution is -0.242. The molecule has 3 rings (SSSR count). The number of benzene rings is 2. The fourth-order valence-electron chi connectivity index (χ4n) is 2.78. The highest BCUT2D eigenvalue weighted by atomic mass is 16.7. The molecule has 9 heteroatoms. The minimum atomic E-state index is -1.36. The second-order valence-corrected chi connectivity index (χ2v) is 7.22. The van der Waals surface area contributed by atoms with Crippen molar-refractivity contribution in [3.63, 3.8) is 0 Å². The van der Waals surface area contributed by atoms with E-state index < -0.39 is 24.6 Å². The van der Waals surface area contributed by atoms with E-state index in [1.54, 1.807) is 73.7 Å². The van der Waals surface area contributed by atoms with Crippen LogP contribution in [0.15, 0.2) is 64.9 Å². The van der Waals surface area contributed by atoms with E-state index in [1.807, 2.05) is 0 Å². The first kappa shape index (κ1) is 22.6. The Morgan fingerprint density at radius 3 is 2.39 bits per heavy atom. The van der Waals surface area contributed by atoms with Crippen LogP contribution in [-0.4, -0.2) is 71.4 Å². The summed E-state index contributed by atoms with van der Waals surface area (Å²) in [6.07, 6.45) is -1.79. The Hall–Kier alpha value is -3.11. The van der Waals surface area contributed by atoms with Crippen molar-refractivity contribution in [3.8, 4) is 5.75 Å². The monoisotopic (exact) mass is 427 g/mol. The molecule has 0 aliphatic carbocycles. The number of hydrogen-bond acceptors (Lipinski definition) is 8. The summed E-state index contributed by atoms with van der Waals surface area (Å²) in [5, 5.41) is 38.6. The number of ketones is 1. The van der Waals surface area contributed by atoms with Crippen molar-refractivity contribution in [1.82, 2.24) is 5.01 Å². The van der Waals surface area contributed by atoms with Gasteiger partial charge in [-0.2, -0.15) is 0 Å². The SMILES string of the molecule is CN(C)N=Nc1ccc(C(=O)/C=C/c2ccc(O[C@H]3OC[C@H](O)[C@@H](O)[C@@H]3O)cc2)cc1. The van der Waals surface area contributed by atoms with Gasteiger partial charge in [0.1, 0.15) is 24.1 Å². The van der Waals surface area contributed by atoms with Gasteiger partial charge in [-0.05, 0) is 48.0 Å². The van der Waals surface area contributed by atoms with Gasteiger partial charge in [0, 0.05) is 19.7 Å². The quantitative estimate of drug-likeness (QED) is 0.267. The number of carbonyl (C=O) groups excluding carboxylic acids is 1. The van der Waals surface area contributed by atoms with E-state index in [0.717, 1.165) is 5.56 Å². The minimum Gasteiger partial charge on any atom is -0.462 e. The van der Waals surface area contributed by atoms with Gasteiger partial charge in [0.05, 0.1) is 12.3 Å². The third-order valence-electron chi connectivity index (χ3n) is 4.50. The number of ether oxygens (including phenoxy) is 2. The van der Waals surface area contributed by atoms with Crippen LogP contribution in [0, 0.1) is 0 Å². The molecule has 0 amide bonds. The van der Waals surface area contributed by atoms with Crippen LogP contribution in [0.25, 0.3) is 6.08 Å². The van der Waals surface area contributed by atoms with Gasteiger partial charge >= 0.3 is 0 Å². The normalized spacial score (nSPS) is 23.9. The van der Waals surface area contributed by atoms with Crippen LogP contribution < -0.4 is 4.74 Å². The van der Waals surface area contributed by atoms with Gasteiger partial charge in [-0.15, -0.1) is 5.11 Å². The number of aliphatic hydroxyl groups excluding tert-OH is 3. The molecular weight excluding hydrogens is 402 g/mol. The van der Waals surface area contributed by atoms with Crippen molar-refractivity contribution in [2.24, 2.45) is 10.3 Å². The van der Waals surface area contributed by atoms with E-state index in [2.05, 4.69) is 10.3 Å². The smallest absolute Gasteiger partial charge is 0.228 e. The molecule has 164 valence electrons. The maximum Gasteiger partial charge on any atom is 0.228 e. The topological polar surface area (TPSA) is 124 Å². The Kier molecular flexibility index (Phi) is 7.48. The molecule has 9 nitrogen and oxygen atoms in total. The van der Waals surface area contributed by atoms with Crippen molar-refractivity contribution < 1.29 is 29.6 Å². The second kappa shape index (κ2) is 10.3. The Labute approximate surface area is 179 Å². The molecule has 0 aromatic heterocycles. The predicted molar refractivity (Wildman–Crippen MR) is 113 cm³/mol. The van der Waals surface area contributed by atoms with Gasteiger partial charge < -0.3 is 24.8 Å². The van der Waals surface area contributed by atoms with Crippen LogP contribution in [0.5, 0.6) is 5.75 Å². The fraction of sp³-hybridized carbons (Fsp3) is 0.318. The molecule has 4 atom stereocenters. The molecule has 0 unspecified atom stereocenters. The van der Waals surface area contributed by atoms with E-state index in [1.165, 1.54) is 6.08 Å². The molecule has 0 bridgehead atoms. The summed E-state index contributed by atoms with van der Waals surface area (Å²) in [5.41, 5.74) is 1.96. The van der Waals surface area contributed by atoms with Crippen molar-refractivity contribution >= 4 is 17.5 Å². The van der Waals surface area contributed by atoms with Crippen LogP contribution in [0.4, 0.5) is 5.69 Å². The van der Waals surface area contributed by atoms with Gasteiger partial charge in [-0.3, -0.25) is 9.80 Å². The average Bonchev–Trinajstić information content (AvgIpc) is 2.77. The summed E-state index contributed by atoms with van der Waals surface area (Å²) < 4.78 is 10.7. The van der Waals surface area contributed by atoms with Gasteiger partial charge in [-0.25, -0.2) is 0 Å². The lowest BCUT2D eigenvalue weighted by atomic mass is 10.1. The maximum absolute atomic E-state index is 12.4. The summed E-state index contributed by atoms with van der Waals surface area (Å²) in [5.74, 6) is 0.265. The molecule has 2 aromatic rings. The zero-order valence-corrected chi connectivity index (χ0v) is 17.2. The Morgan fingerprint density at radius 1 is 1.06 bits per heavy atom. The highest BCUT2D eigenvalue weighted by Crippen LogP contribution is 2.21. The van der Waals surface area contributed by atoms with Crippen molar-refractivity contribution in [3.05, 3.63) is 65.7 Å². The molecule has 1 aliphatic rings. The van der Waals surface area contributed by atoms with E-state index in [0.29, 0.717) is 17.0 Å². The first-order chi connectivity index (χ1) is 14.8. The van der Waals surface area contributed by atoms with Crippen molar-refractivity contribution in [2.75, 3.05) is 20.7 Å². The zero-order chi connectivity index (χ0) is 22.4. The summed E-state index contributed by atoms with van der Waals surface area (Å²) in [7, 11) is 3.54. The van der Waals surface area contributed by atoms with Crippen molar-refractivity contribution in [2.45, 2.75) is 24.6 Å². The number of hydrogen-bond donors (Lipinski definition) is 3. The van der Waals surface area contributed by atoms with Crippen LogP contribution in [0.3, 0.4) is 0 Å². The molecule has 1 fully saturated rings. The van der Waals surface area contributed by atoms with Crippen LogP contribution in [0.2, 0.25) is 0 Å². The number of nitrogens with zero attached hydrogens (tertiary/aromatic N) is 3. The van der Waals surface area contributed by atoms with E-state index in [-0.39, 0.29) is 12.4 Å². The first-order valence-electron chi connectivity index (χ1n) is 9.67. The molecule has 0 saturated carbocycles. The molecule has 2 aromatic carbocycles. The summed E-state index contributed by atoms with van der Waals surface area (Å²) in [4.78, 5) is 12.4. The molecule has 31 heavy (non-hydrogen) atoms. The number of carbonyl (C=O) groups is 1. The standard InChI is InChI=1S/C22H25N3O6/c1-25(2)24-23-16-8-6-15(7-9-16)18(26)12-5-14-3-10-17(11-4-14)31-22-21(29)20(28)19(27)13-30-22/h3-12,19-22,27-29H,13H2,1-2H3/b12-5+,24-23?/t19-,20+,21-,22+/m0/s1. The highest BCUT2D eigenvalue weighted by Gasteiger charge is 2.38. The molecule has 1 aliphatic heterocycles. The van der Waals surface area contributed by atoms with Crippen LogP contribution >= 0.6 is 0 Å². The molecule has 3 N–H and O–H groups in total. The molecule has 1 saturated heterocycles. The first-order valence-corrected chi connectivity index (χ1v) is 9.67. The molecule has 0 spiro atoms. The average molecular weight is 427 g/mol. The van der Waals surface area contributed by atoms with Crippen LogP contribution in [-0.2, 0) is 4.74 Å². The molecule has 0 radical (unpaired) electrons. The van der Waals surface area contributed by atoms with Crippen LogP contribution in [0.1, 0.15) is 15.9 Å². The number of rotatable bonds is 7. The summed E-state index contributed by atoms with van der Waals surface area (Å²) in [6, 6.07) is 13.6. The predicted octanol–water partition coefficient (Wildman–Crippen LogP) is 1.96. The largest absolute Gasteiger partial charge is 0.462 e. The summed E-state index contributed by atoms with van der Waals surface area (Å²) in [6.45, 7) is -0.134. The lowest BCUT2D eigenvalue weighted by Gasteiger charge is -2.34. The lowest BCUT2D eigenvalue weighted by Crippen LogP contribution is -2.54. The van der Waals surface area contributed by atoms with Gasteiger partial charge in [-0.1, -0.05) is 23.4 Å². The third-order valence-corrected chi connectivity index (χ3v) is 4.50. The van der Waals surface area contributed by atoms with E-state index >= 15 is 0 Å². The Morgan fingerprint density at radius 2 is 1.74 bits per heavy atom. The van der Waals surface area contributed by atoms with E-state index in [4.69, 9.17) is 9.47 Å². The number of aliphatic hydroxyl groups is 3. The third kappa shape index (κ3) is 6.19. The second-order valence-electron chi connectivity index (χ2n) is 7.22. The minimum absolute atomic E-state index is 0.134. The van der Waals surface area contributed by atoms with Gasteiger partial charge in [0.15, 0.2) is 5.78 Å². The Balaban J connectivity index is 1.57.